The fraction of sp³-hybridized carbons (Fsp3) is 0.385. The van der Waals surface area contributed by atoms with Gasteiger partial charge in [-0.15, -0.1) is 0 Å². The zero-order valence-electron chi connectivity index (χ0n) is 9.97. The number of benzene rings is 1. The van der Waals surface area contributed by atoms with E-state index in [4.69, 9.17) is 0 Å². The lowest BCUT2D eigenvalue weighted by molar-refractivity contribution is 0.511. The second-order valence-electron chi connectivity index (χ2n) is 4.60. The quantitative estimate of drug-likeness (QED) is 0.853. The van der Waals surface area contributed by atoms with Gasteiger partial charge < -0.3 is 0 Å². The molecule has 0 amide bonds. The molecular weight excluding hydrogens is 294 g/mol. The van der Waals surface area contributed by atoms with Crippen molar-refractivity contribution >= 4 is 15.9 Å². The van der Waals surface area contributed by atoms with Crippen LogP contribution in [0, 0.1) is 0 Å². The van der Waals surface area contributed by atoms with Crippen molar-refractivity contribution in [3.8, 4) is 0 Å². The number of halogens is 1. The van der Waals surface area contributed by atoms with Crippen LogP contribution < -0.4 is 5.69 Å². The highest BCUT2D eigenvalue weighted by molar-refractivity contribution is 9.10. The minimum atomic E-state index is 0.0182. The highest BCUT2D eigenvalue weighted by Gasteiger charge is 2.16. The van der Waals surface area contributed by atoms with Gasteiger partial charge in [-0.3, -0.25) is 4.57 Å². The predicted octanol–water partition coefficient (Wildman–Crippen LogP) is 2.19. The third-order valence-corrected chi connectivity index (χ3v) is 3.75. The van der Waals surface area contributed by atoms with Gasteiger partial charge >= 0.3 is 5.69 Å². The van der Waals surface area contributed by atoms with E-state index in [1.807, 2.05) is 28.8 Å². The first-order valence-corrected chi connectivity index (χ1v) is 6.94. The van der Waals surface area contributed by atoms with Gasteiger partial charge in [0.2, 0.25) is 0 Å². The molecule has 0 atom stereocenters. The second-order valence-corrected chi connectivity index (χ2v) is 5.51. The summed E-state index contributed by atoms with van der Waals surface area (Å²) in [6, 6.07) is 7.98. The first kappa shape index (κ1) is 11.7. The monoisotopic (exact) mass is 307 g/mol. The smallest absolute Gasteiger partial charge is 0.279 e. The summed E-state index contributed by atoms with van der Waals surface area (Å²) in [5.41, 5.74) is 1.10. The van der Waals surface area contributed by atoms with Crippen molar-refractivity contribution < 1.29 is 0 Å². The van der Waals surface area contributed by atoms with Gasteiger partial charge in [0.15, 0.2) is 0 Å². The normalized spacial score (nSPS) is 14.5. The van der Waals surface area contributed by atoms with Gasteiger partial charge in [0, 0.05) is 17.4 Å². The Balaban J connectivity index is 1.94. The molecule has 0 saturated heterocycles. The molecule has 4 nitrogen and oxygen atoms in total. The van der Waals surface area contributed by atoms with E-state index in [1.54, 1.807) is 4.68 Å². The maximum Gasteiger partial charge on any atom is 0.346 e. The van der Waals surface area contributed by atoms with Crippen LogP contribution in [-0.4, -0.2) is 14.3 Å². The van der Waals surface area contributed by atoms with Crippen molar-refractivity contribution in [2.24, 2.45) is 0 Å². The lowest BCUT2D eigenvalue weighted by Crippen LogP contribution is -2.27. The fourth-order valence-electron chi connectivity index (χ4n) is 2.36. The molecule has 0 saturated carbocycles. The minimum Gasteiger partial charge on any atom is -0.279 e. The highest BCUT2D eigenvalue weighted by Crippen LogP contribution is 2.13. The molecule has 18 heavy (non-hydrogen) atoms. The number of nitrogens with zero attached hydrogens (tertiary/aromatic N) is 3. The van der Waals surface area contributed by atoms with Crippen molar-refractivity contribution in [1.29, 1.82) is 0 Å². The van der Waals surface area contributed by atoms with E-state index in [2.05, 4.69) is 21.0 Å². The predicted molar refractivity (Wildman–Crippen MR) is 72.7 cm³/mol. The third-order valence-electron chi connectivity index (χ3n) is 3.25. The Bertz CT molecular complexity index is 629. The molecule has 0 N–H and O–H groups in total. The number of fused-ring (bicyclic) bond motifs is 1. The molecule has 94 valence electrons. The molecule has 1 aliphatic rings. The third kappa shape index (κ3) is 2.14. The molecule has 0 radical (unpaired) electrons. The maximum atomic E-state index is 12.2. The minimum absolute atomic E-state index is 0.0182. The summed E-state index contributed by atoms with van der Waals surface area (Å²) in [4.78, 5) is 12.2. The molecule has 0 aliphatic carbocycles. The second kappa shape index (κ2) is 4.72. The van der Waals surface area contributed by atoms with Crippen molar-refractivity contribution in [2.45, 2.75) is 32.4 Å². The van der Waals surface area contributed by atoms with Crippen molar-refractivity contribution in [3.05, 3.63) is 50.6 Å². The number of hydrogen-bond donors (Lipinski definition) is 0. The summed E-state index contributed by atoms with van der Waals surface area (Å²) >= 11 is 3.44. The summed E-state index contributed by atoms with van der Waals surface area (Å²) < 4.78 is 4.40. The molecule has 3 rings (SSSR count). The zero-order chi connectivity index (χ0) is 12.5. The van der Waals surface area contributed by atoms with Gasteiger partial charge in [0.05, 0.1) is 6.54 Å². The SMILES string of the molecule is O=c1n(Cc2cccc(Br)c2)nc2n1CCCC2. The summed E-state index contributed by atoms with van der Waals surface area (Å²) in [5, 5.41) is 4.43. The van der Waals surface area contributed by atoms with Crippen LogP contribution in [-0.2, 0) is 19.5 Å². The van der Waals surface area contributed by atoms with E-state index in [0.29, 0.717) is 6.54 Å². The van der Waals surface area contributed by atoms with Crippen molar-refractivity contribution in [2.75, 3.05) is 0 Å². The van der Waals surface area contributed by atoms with Crippen LogP contribution in [0.2, 0.25) is 0 Å². The van der Waals surface area contributed by atoms with Crippen LogP contribution in [0.5, 0.6) is 0 Å². The van der Waals surface area contributed by atoms with Gasteiger partial charge in [-0.2, -0.15) is 5.10 Å². The van der Waals surface area contributed by atoms with E-state index in [0.717, 1.165) is 41.7 Å². The van der Waals surface area contributed by atoms with Crippen molar-refractivity contribution in [3.63, 3.8) is 0 Å². The number of aryl methyl sites for hydroxylation is 1. The number of hydrogen-bond acceptors (Lipinski definition) is 2. The Kier molecular flexibility index (Phi) is 3.07. The summed E-state index contributed by atoms with van der Waals surface area (Å²) in [6.07, 6.45) is 3.13. The van der Waals surface area contributed by atoms with E-state index < -0.39 is 0 Å². The Morgan fingerprint density at radius 2 is 2.22 bits per heavy atom. The van der Waals surface area contributed by atoms with Crippen LogP contribution in [0.25, 0.3) is 0 Å². The van der Waals surface area contributed by atoms with Crippen molar-refractivity contribution in [1.82, 2.24) is 14.3 Å². The van der Waals surface area contributed by atoms with Crippen LogP contribution in [0.4, 0.5) is 0 Å². The lowest BCUT2D eigenvalue weighted by Gasteiger charge is -2.09. The molecule has 5 heteroatoms. The van der Waals surface area contributed by atoms with E-state index in [1.165, 1.54) is 0 Å². The average Bonchev–Trinajstić information content (AvgIpc) is 2.67. The van der Waals surface area contributed by atoms with Gasteiger partial charge in [-0.25, -0.2) is 9.48 Å². The summed E-state index contributed by atoms with van der Waals surface area (Å²) in [6.45, 7) is 1.35. The largest absolute Gasteiger partial charge is 0.346 e. The number of aromatic nitrogens is 3. The fourth-order valence-corrected chi connectivity index (χ4v) is 2.81. The van der Waals surface area contributed by atoms with Crippen LogP contribution in [0.15, 0.2) is 33.5 Å². The molecule has 2 aromatic rings. The standard InChI is InChI=1S/C13H14BrN3O/c14-11-5-3-4-10(8-11)9-17-13(18)16-7-2-1-6-12(16)15-17/h3-5,8H,1-2,6-7,9H2. The Morgan fingerprint density at radius 1 is 1.33 bits per heavy atom. The van der Waals surface area contributed by atoms with E-state index in [9.17, 15) is 4.79 Å². The first-order valence-electron chi connectivity index (χ1n) is 6.15. The molecule has 2 heterocycles. The topological polar surface area (TPSA) is 39.8 Å². The Labute approximate surface area is 113 Å². The molecule has 1 aromatic heterocycles. The maximum absolute atomic E-state index is 12.2. The van der Waals surface area contributed by atoms with Crippen LogP contribution in [0.1, 0.15) is 24.2 Å². The van der Waals surface area contributed by atoms with E-state index >= 15 is 0 Å². The lowest BCUT2D eigenvalue weighted by atomic mass is 10.2. The summed E-state index contributed by atoms with van der Waals surface area (Å²) in [7, 11) is 0. The first-order chi connectivity index (χ1) is 8.74. The Morgan fingerprint density at radius 3 is 3.00 bits per heavy atom. The Hall–Kier alpha value is -1.36. The van der Waals surface area contributed by atoms with Gasteiger partial charge in [0.1, 0.15) is 5.82 Å². The zero-order valence-corrected chi connectivity index (χ0v) is 11.6. The van der Waals surface area contributed by atoms with E-state index in [-0.39, 0.29) is 5.69 Å². The van der Waals surface area contributed by atoms with Gasteiger partial charge in [-0.05, 0) is 30.5 Å². The van der Waals surface area contributed by atoms with Gasteiger partial charge in [0.25, 0.3) is 0 Å². The van der Waals surface area contributed by atoms with Crippen LogP contribution >= 0.6 is 15.9 Å². The van der Waals surface area contributed by atoms with Crippen LogP contribution in [0.3, 0.4) is 0 Å². The molecule has 0 fully saturated rings. The molecule has 0 bridgehead atoms. The summed E-state index contributed by atoms with van der Waals surface area (Å²) in [5.74, 6) is 0.932. The molecular formula is C13H14BrN3O. The molecule has 1 aliphatic heterocycles. The molecule has 1 aromatic carbocycles. The highest BCUT2D eigenvalue weighted by atomic mass is 79.9. The number of rotatable bonds is 2. The molecule has 0 spiro atoms. The average molecular weight is 308 g/mol. The molecule has 0 unspecified atom stereocenters. The van der Waals surface area contributed by atoms with Gasteiger partial charge in [-0.1, -0.05) is 28.1 Å².